The van der Waals surface area contributed by atoms with Crippen molar-refractivity contribution in [3.63, 3.8) is 0 Å². The van der Waals surface area contributed by atoms with E-state index in [0.29, 0.717) is 5.56 Å². The van der Waals surface area contributed by atoms with Crippen molar-refractivity contribution in [3.8, 4) is 0 Å². The fourth-order valence-electron chi connectivity index (χ4n) is 1.54. The van der Waals surface area contributed by atoms with Crippen molar-refractivity contribution in [1.29, 1.82) is 0 Å². The molecular weight excluding hydrogens is 295 g/mol. The number of ether oxygens (including phenoxy) is 2. The third kappa shape index (κ3) is 4.18. The van der Waals surface area contributed by atoms with E-state index >= 15 is 0 Å². The molecule has 0 heterocycles. The summed E-state index contributed by atoms with van der Waals surface area (Å²) in [7, 11) is 0. The van der Waals surface area contributed by atoms with Gasteiger partial charge in [0.25, 0.3) is 0 Å². The number of carbonyl (C=O) groups excluding carboxylic acids is 2. The lowest BCUT2D eigenvalue weighted by Gasteiger charge is -2.24. The Hall–Kier alpha value is -1.66. The van der Waals surface area contributed by atoms with Gasteiger partial charge in [-0.2, -0.15) is 0 Å². The molecule has 0 spiro atoms. The average Bonchev–Trinajstić information content (AvgIpc) is 2.25. The Morgan fingerprint density at radius 3 is 2.00 bits per heavy atom. The zero-order chi connectivity index (χ0) is 14.6. The molecular formula is C11H12Cl2N2O4. The molecule has 0 aromatic heterocycles. The van der Waals surface area contributed by atoms with Crippen molar-refractivity contribution < 1.29 is 19.1 Å². The fourth-order valence-corrected chi connectivity index (χ4v) is 2.15. The second kappa shape index (κ2) is 6.49. The number of hydrogen-bond acceptors (Lipinski definition) is 4. The van der Waals surface area contributed by atoms with Crippen LogP contribution < -0.4 is 11.5 Å². The molecule has 0 saturated carbocycles. The number of carbonyl (C=O) groups is 2. The van der Waals surface area contributed by atoms with Crippen LogP contribution in [0.15, 0.2) is 18.2 Å². The summed E-state index contributed by atoms with van der Waals surface area (Å²) in [6, 6.07) is 4.73. The quantitative estimate of drug-likeness (QED) is 0.892. The van der Waals surface area contributed by atoms with Crippen LogP contribution in [0.25, 0.3) is 0 Å². The standard InChI is InChI=1S/C11H12Cl2N2O4/c1-5(18-10(14)16)9(19-11(15)17)8-6(12)3-2-4-7(8)13/h2-5,9H,1H3,(H2,14,16)(H2,15,17). The Morgan fingerprint density at radius 1 is 1.11 bits per heavy atom. The average molecular weight is 307 g/mol. The molecule has 0 saturated heterocycles. The molecule has 0 bridgehead atoms. The molecule has 19 heavy (non-hydrogen) atoms. The maximum atomic E-state index is 10.9. The van der Waals surface area contributed by atoms with Gasteiger partial charge in [0.1, 0.15) is 6.10 Å². The summed E-state index contributed by atoms with van der Waals surface area (Å²) in [4.78, 5) is 21.7. The van der Waals surface area contributed by atoms with Gasteiger partial charge in [-0.15, -0.1) is 0 Å². The molecule has 2 atom stereocenters. The third-order valence-corrected chi connectivity index (χ3v) is 2.91. The van der Waals surface area contributed by atoms with Gasteiger partial charge in [0.2, 0.25) is 0 Å². The lowest BCUT2D eigenvalue weighted by Crippen LogP contribution is -2.30. The fraction of sp³-hybridized carbons (Fsp3) is 0.273. The summed E-state index contributed by atoms with van der Waals surface area (Å²) < 4.78 is 9.66. The molecule has 0 aliphatic carbocycles. The van der Waals surface area contributed by atoms with Gasteiger partial charge in [-0.3, -0.25) is 0 Å². The summed E-state index contributed by atoms with van der Waals surface area (Å²) >= 11 is 12.0. The first-order valence-corrected chi connectivity index (χ1v) is 5.94. The number of nitrogens with two attached hydrogens (primary N) is 2. The lowest BCUT2D eigenvalue weighted by molar-refractivity contribution is 0.00424. The first-order chi connectivity index (χ1) is 8.82. The Balaban J connectivity index is 3.16. The molecule has 1 aromatic rings. The van der Waals surface area contributed by atoms with Crippen molar-refractivity contribution in [3.05, 3.63) is 33.8 Å². The van der Waals surface area contributed by atoms with Gasteiger partial charge >= 0.3 is 12.2 Å². The topological polar surface area (TPSA) is 105 Å². The van der Waals surface area contributed by atoms with Crippen molar-refractivity contribution >= 4 is 35.4 Å². The highest BCUT2D eigenvalue weighted by Crippen LogP contribution is 2.35. The number of rotatable bonds is 4. The highest BCUT2D eigenvalue weighted by atomic mass is 35.5. The maximum absolute atomic E-state index is 10.9. The SMILES string of the molecule is CC(OC(N)=O)C(OC(N)=O)c1c(Cl)cccc1Cl. The first kappa shape index (κ1) is 15.4. The van der Waals surface area contributed by atoms with Crippen molar-refractivity contribution in [2.24, 2.45) is 11.5 Å². The van der Waals surface area contributed by atoms with E-state index in [-0.39, 0.29) is 10.0 Å². The predicted octanol–water partition coefficient (Wildman–Crippen LogP) is 2.61. The Kier molecular flexibility index (Phi) is 5.26. The summed E-state index contributed by atoms with van der Waals surface area (Å²) in [6.45, 7) is 1.47. The van der Waals surface area contributed by atoms with E-state index in [1.165, 1.54) is 6.92 Å². The summed E-state index contributed by atoms with van der Waals surface area (Å²) in [5.74, 6) is 0. The summed E-state index contributed by atoms with van der Waals surface area (Å²) in [5, 5.41) is 0.498. The molecule has 6 nitrogen and oxygen atoms in total. The van der Waals surface area contributed by atoms with E-state index in [0.717, 1.165) is 0 Å². The molecule has 0 fully saturated rings. The van der Waals surface area contributed by atoms with E-state index in [1.807, 2.05) is 0 Å². The minimum atomic E-state index is -1.05. The van der Waals surface area contributed by atoms with Crippen LogP contribution in [0.5, 0.6) is 0 Å². The van der Waals surface area contributed by atoms with Gasteiger partial charge in [-0.25, -0.2) is 9.59 Å². The van der Waals surface area contributed by atoms with Crippen LogP contribution in [-0.2, 0) is 9.47 Å². The molecule has 2 amide bonds. The highest BCUT2D eigenvalue weighted by Gasteiger charge is 2.29. The number of hydrogen-bond donors (Lipinski definition) is 2. The van der Waals surface area contributed by atoms with Crippen LogP contribution in [0.2, 0.25) is 10.0 Å². The zero-order valence-corrected chi connectivity index (χ0v) is 11.4. The van der Waals surface area contributed by atoms with Crippen LogP contribution in [0, 0.1) is 0 Å². The second-order valence-electron chi connectivity index (χ2n) is 3.63. The number of primary amides is 2. The largest absolute Gasteiger partial charge is 0.442 e. The molecule has 4 N–H and O–H groups in total. The first-order valence-electron chi connectivity index (χ1n) is 5.19. The normalized spacial score (nSPS) is 13.4. The Morgan fingerprint density at radius 2 is 1.58 bits per heavy atom. The van der Waals surface area contributed by atoms with E-state index in [1.54, 1.807) is 18.2 Å². The van der Waals surface area contributed by atoms with Crippen LogP contribution in [0.3, 0.4) is 0 Å². The monoisotopic (exact) mass is 306 g/mol. The van der Waals surface area contributed by atoms with Gasteiger partial charge in [0.05, 0.1) is 0 Å². The number of benzene rings is 1. The second-order valence-corrected chi connectivity index (χ2v) is 4.45. The number of amides is 2. The van der Waals surface area contributed by atoms with Crippen LogP contribution >= 0.6 is 23.2 Å². The minimum Gasteiger partial charge on any atom is -0.442 e. The van der Waals surface area contributed by atoms with Crippen molar-refractivity contribution in [1.82, 2.24) is 0 Å². The highest BCUT2D eigenvalue weighted by molar-refractivity contribution is 6.36. The maximum Gasteiger partial charge on any atom is 0.405 e. The van der Waals surface area contributed by atoms with Gasteiger partial charge in [0, 0.05) is 15.6 Å². The Labute approximate surface area is 119 Å². The lowest BCUT2D eigenvalue weighted by atomic mass is 10.0. The third-order valence-electron chi connectivity index (χ3n) is 2.26. The van der Waals surface area contributed by atoms with Crippen molar-refractivity contribution in [2.75, 3.05) is 0 Å². The number of halogens is 2. The van der Waals surface area contributed by atoms with Gasteiger partial charge in [-0.1, -0.05) is 29.3 Å². The zero-order valence-electron chi connectivity index (χ0n) is 9.93. The molecule has 104 valence electrons. The summed E-state index contributed by atoms with van der Waals surface area (Å²) in [5.41, 5.74) is 10.2. The minimum absolute atomic E-state index is 0.249. The van der Waals surface area contributed by atoms with Crippen molar-refractivity contribution in [2.45, 2.75) is 19.1 Å². The van der Waals surface area contributed by atoms with Crippen LogP contribution in [0.1, 0.15) is 18.6 Å². The van der Waals surface area contributed by atoms with E-state index < -0.39 is 24.4 Å². The Bertz CT molecular complexity index is 475. The van der Waals surface area contributed by atoms with E-state index in [4.69, 9.17) is 44.1 Å². The van der Waals surface area contributed by atoms with Crippen LogP contribution in [0.4, 0.5) is 9.59 Å². The van der Waals surface area contributed by atoms with E-state index in [2.05, 4.69) is 0 Å². The summed E-state index contributed by atoms with van der Waals surface area (Å²) in [6.07, 6.45) is -4.02. The molecule has 0 radical (unpaired) electrons. The predicted molar refractivity (Wildman–Crippen MR) is 70.0 cm³/mol. The molecule has 8 heteroatoms. The van der Waals surface area contributed by atoms with Gasteiger partial charge in [0.15, 0.2) is 6.10 Å². The molecule has 1 rings (SSSR count). The van der Waals surface area contributed by atoms with Gasteiger partial charge < -0.3 is 20.9 Å². The smallest absolute Gasteiger partial charge is 0.405 e. The molecule has 1 aromatic carbocycles. The molecule has 0 aliphatic heterocycles. The van der Waals surface area contributed by atoms with E-state index in [9.17, 15) is 9.59 Å². The van der Waals surface area contributed by atoms with Crippen LogP contribution in [-0.4, -0.2) is 18.3 Å². The molecule has 2 unspecified atom stereocenters. The molecule has 0 aliphatic rings. The van der Waals surface area contributed by atoms with Gasteiger partial charge in [-0.05, 0) is 19.1 Å².